The van der Waals surface area contributed by atoms with Crippen LogP contribution in [-0.4, -0.2) is 53.8 Å². The maximum Gasteiger partial charge on any atom is 0.0844 e. The number of ether oxygens (including phenoxy) is 2. The molecule has 2 aliphatic rings. The molecular formula is C14H26ClNO2. The molecule has 0 amide bonds. The lowest BCUT2D eigenvalue weighted by Crippen LogP contribution is -2.54. The van der Waals surface area contributed by atoms with Crippen molar-refractivity contribution in [1.29, 1.82) is 0 Å². The fraction of sp³-hybridized carbons (Fsp3) is 1.00. The molecule has 2 saturated heterocycles. The second-order valence-electron chi connectivity index (χ2n) is 6.89. The second-order valence-corrected chi connectivity index (χ2v) is 7.19. The minimum absolute atomic E-state index is 0.0539. The first-order chi connectivity index (χ1) is 8.30. The van der Waals surface area contributed by atoms with Gasteiger partial charge in [0.25, 0.3) is 0 Å². The molecule has 2 atom stereocenters. The van der Waals surface area contributed by atoms with Crippen molar-refractivity contribution in [2.24, 2.45) is 0 Å². The summed E-state index contributed by atoms with van der Waals surface area (Å²) in [6.07, 6.45) is 2.83. The first kappa shape index (κ1) is 14.6. The van der Waals surface area contributed by atoms with Gasteiger partial charge in [0.2, 0.25) is 0 Å². The van der Waals surface area contributed by atoms with E-state index in [0.717, 1.165) is 32.5 Å². The summed E-state index contributed by atoms with van der Waals surface area (Å²) in [5.41, 5.74) is -0.0513. The fourth-order valence-electron chi connectivity index (χ4n) is 3.13. The SMILES string of the molecule is CC1(C)CCC(CN2CC(CCl)OC(C)(C)C2)O1. The van der Waals surface area contributed by atoms with Crippen molar-refractivity contribution >= 4 is 11.6 Å². The summed E-state index contributed by atoms with van der Waals surface area (Å²) in [4.78, 5) is 2.45. The van der Waals surface area contributed by atoms with Crippen molar-refractivity contribution in [3.05, 3.63) is 0 Å². The molecule has 0 saturated carbocycles. The van der Waals surface area contributed by atoms with Gasteiger partial charge in [-0.1, -0.05) is 0 Å². The van der Waals surface area contributed by atoms with Gasteiger partial charge in [-0.3, -0.25) is 4.90 Å². The smallest absolute Gasteiger partial charge is 0.0844 e. The third kappa shape index (κ3) is 3.83. The lowest BCUT2D eigenvalue weighted by atomic mass is 10.0. The molecule has 106 valence electrons. The summed E-state index contributed by atoms with van der Waals surface area (Å²) in [6.45, 7) is 11.5. The molecule has 0 radical (unpaired) electrons. The van der Waals surface area contributed by atoms with Gasteiger partial charge >= 0.3 is 0 Å². The number of hydrogen-bond acceptors (Lipinski definition) is 3. The van der Waals surface area contributed by atoms with Crippen LogP contribution < -0.4 is 0 Å². The van der Waals surface area contributed by atoms with E-state index >= 15 is 0 Å². The van der Waals surface area contributed by atoms with Crippen LogP contribution in [0.3, 0.4) is 0 Å². The number of alkyl halides is 1. The Morgan fingerprint density at radius 3 is 2.33 bits per heavy atom. The highest BCUT2D eigenvalue weighted by Crippen LogP contribution is 2.31. The Morgan fingerprint density at radius 2 is 1.78 bits per heavy atom. The molecule has 0 N–H and O–H groups in total. The Bertz CT molecular complexity index is 294. The van der Waals surface area contributed by atoms with Crippen LogP contribution in [0.15, 0.2) is 0 Å². The average molecular weight is 276 g/mol. The fourth-order valence-corrected chi connectivity index (χ4v) is 3.29. The summed E-state index contributed by atoms with van der Waals surface area (Å²) in [6, 6.07) is 0. The highest BCUT2D eigenvalue weighted by atomic mass is 35.5. The van der Waals surface area contributed by atoms with Crippen LogP contribution >= 0.6 is 11.6 Å². The lowest BCUT2D eigenvalue weighted by Gasteiger charge is -2.43. The van der Waals surface area contributed by atoms with E-state index in [-0.39, 0.29) is 17.3 Å². The van der Waals surface area contributed by atoms with Crippen molar-refractivity contribution in [1.82, 2.24) is 4.90 Å². The zero-order valence-corrected chi connectivity index (χ0v) is 12.8. The van der Waals surface area contributed by atoms with Crippen LogP contribution in [-0.2, 0) is 9.47 Å². The number of nitrogens with zero attached hydrogens (tertiary/aromatic N) is 1. The molecule has 3 nitrogen and oxygen atoms in total. The molecule has 0 aliphatic carbocycles. The lowest BCUT2D eigenvalue weighted by molar-refractivity contribution is -0.136. The van der Waals surface area contributed by atoms with Gasteiger partial charge in [0.15, 0.2) is 0 Å². The zero-order chi connectivity index (χ0) is 13.4. The van der Waals surface area contributed by atoms with Crippen molar-refractivity contribution < 1.29 is 9.47 Å². The van der Waals surface area contributed by atoms with Gasteiger partial charge in [-0.15, -0.1) is 11.6 Å². The van der Waals surface area contributed by atoms with Crippen molar-refractivity contribution in [3.8, 4) is 0 Å². The van der Waals surface area contributed by atoms with Crippen LogP contribution in [0.1, 0.15) is 40.5 Å². The number of halogens is 1. The normalized spacial score (nSPS) is 35.8. The van der Waals surface area contributed by atoms with Crippen LogP contribution in [0, 0.1) is 0 Å². The minimum atomic E-state index is -0.105. The molecule has 0 spiro atoms. The molecule has 2 unspecified atom stereocenters. The highest BCUT2D eigenvalue weighted by Gasteiger charge is 2.37. The topological polar surface area (TPSA) is 21.7 Å². The number of morpholine rings is 1. The summed E-state index contributed by atoms with van der Waals surface area (Å²) in [7, 11) is 0. The molecular weight excluding hydrogens is 250 g/mol. The highest BCUT2D eigenvalue weighted by molar-refractivity contribution is 6.18. The monoisotopic (exact) mass is 275 g/mol. The first-order valence-electron chi connectivity index (χ1n) is 6.94. The van der Waals surface area contributed by atoms with Crippen LogP contribution in [0.2, 0.25) is 0 Å². The summed E-state index contributed by atoms with van der Waals surface area (Å²) < 4.78 is 12.0. The quantitative estimate of drug-likeness (QED) is 0.739. The van der Waals surface area contributed by atoms with E-state index in [1.54, 1.807) is 0 Å². The van der Waals surface area contributed by atoms with Crippen molar-refractivity contribution in [2.45, 2.75) is 63.9 Å². The van der Waals surface area contributed by atoms with E-state index in [9.17, 15) is 0 Å². The summed E-state index contributed by atoms with van der Waals surface area (Å²) in [5, 5.41) is 0. The molecule has 2 fully saturated rings. The van der Waals surface area contributed by atoms with Gasteiger partial charge in [0, 0.05) is 25.5 Å². The molecule has 4 heteroatoms. The third-order valence-corrected chi connectivity index (χ3v) is 4.08. The van der Waals surface area contributed by atoms with E-state index in [1.807, 2.05) is 0 Å². The standard InChI is InChI=1S/C14H26ClNO2/c1-13(2)6-5-11(17-13)8-16-9-12(7-15)18-14(3,4)10-16/h11-12H,5-10H2,1-4H3. The molecule has 2 rings (SSSR count). The van der Waals surface area contributed by atoms with Gasteiger partial charge in [0.05, 0.1) is 23.4 Å². The molecule has 0 aromatic carbocycles. The van der Waals surface area contributed by atoms with E-state index in [2.05, 4.69) is 32.6 Å². The summed E-state index contributed by atoms with van der Waals surface area (Å²) in [5.74, 6) is 0.566. The maximum atomic E-state index is 6.07. The van der Waals surface area contributed by atoms with E-state index in [1.165, 1.54) is 0 Å². The van der Waals surface area contributed by atoms with Gasteiger partial charge in [0.1, 0.15) is 0 Å². The number of rotatable bonds is 3. The average Bonchev–Trinajstić information content (AvgIpc) is 2.55. The zero-order valence-electron chi connectivity index (χ0n) is 12.0. The first-order valence-corrected chi connectivity index (χ1v) is 7.47. The predicted octanol–water partition coefficient (Wildman–Crippen LogP) is 2.66. The Labute approximate surface area is 116 Å². The van der Waals surface area contributed by atoms with Crippen LogP contribution in [0.25, 0.3) is 0 Å². The van der Waals surface area contributed by atoms with Gasteiger partial charge in [-0.05, 0) is 40.5 Å². The molecule has 2 heterocycles. The summed E-state index contributed by atoms with van der Waals surface area (Å²) >= 11 is 5.95. The van der Waals surface area contributed by atoms with Crippen molar-refractivity contribution in [3.63, 3.8) is 0 Å². The van der Waals surface area contributed by atoms with Crippen LogP contribution in [0.5, 0.6) is 0 Å². The second kappa shape index (κ2) is 5.28. The van der Waals surface area contributed by atoms with E-state index in [4.69, 9.17) is 21.1 Å². The Morgan fingerprint density at radius 1 is 1.11 bits per heavy atom. The van der Waals surface area contributed by atoms with Gasteiger partial charge in [-0.2, -0.15) is 0 Å². The third-order valence-electron chi connectivity index (χ3n) is 3.74. The Hall–Kier alpha value is 0.170. The molecule has 0 aromatic rings. The van der Waals surface area contributed by atoms with Crippen molar-refractivity contribution in [2.75, 3.05) is 25.5 Å². The van der Waals surface area contributed by atoms with E-state index in [0.29, 0.717) is 12.0 Å². The maximum absolute atomic E-state index is 6.07. The molecule has 18 heavy (non-hydrogen) atoms. The Kier molecular flexibility index (Phi) is 4.27. The molecule has 0 bridgehead atoms. The molecule has 2 aliphatic heterocycles. The minimum Gasteiger partial charge on any atom is -0.371 e. The Balaban J connectivity index is 1.89. The largest absolute Gasteiger partial charge is 0.371 e. The van der Waals surface area contributed by atoms with Gasteiger partial charge in [-0.25, -0.2) is 0 Å². The predicted molar refractivity (Wildman–Crippen MR) is 74.3 cm³/mol. The van der Waals surface area contributed by atoms with E-state index < -0.39 is 0 Å². The molecule has 0 aromatic heterocycles. The number of hydrogen-bond donors (Lipinski definition) is 0. The van der Waals surface area contributed by atoms with Crippen LogP contribution in [0.4, 0.5) is 0 Å². The van der Waals surface area contributed by atoms with Gasteiger partial charge < -0.3 is 9.47 Å².